The highest BCUT2D eigenvalue weighted by Crippen LogP contribution is 2.30. The highest BCUT2D eigenvalue weighted by atomic mass is 32.2. The molecule has 0 radical (unpaired) electrons. The fraction of sp³-hybridized carbons (Fsp3) is 0.429. The molecule has 0 bridgehead atoms. The zero-order chi connectivity index (χ0) is 15.4. The number of carbonyl (C=O) groups is 2. The summed E-state index contributed by atoms with van der Waals surface area (Å²) in [6, 6.07) is 6.18. The standard InChI is InChI=1S/C14H15F2NO3S/c15-14(16)21-11-6-2-1-5-10(11)12(18)17-7-3-4-9(8-17)13(19)20/h1-2,5-6,9,14H,3-4,7-8H2,(H,19,20)/t9-/m1/s1. The van der Waals surface area contributed by atoms with Gasteiger partial charge < -0.3 is 10.0 Å². The number of nitrogens with zero attached hydrogens (tertiary/aromatic N) is 1. The van der Waals surface area contributed by atoms with Crippen molar-refractivity contribution in [3.05, 3.63) is 29.8 Å². The van der Waals surface area contributed by atoms with Crippen molar-refractivity contribution in [1.82, 2.24) is 4.90 Å². The molecule has 7 heteroatoms. The van der Waals surface area contributed by atoms with E-state index in [0.717, 1.165) is 0 Å². The summed E-state index contributed by atoms with van der Waals surface area (Å²) in [5, 5.41) is 9.04. The van der Waals surface area contributed by atoms with Crippen molar-refractivity contribution in [2.24, 2.45) is 5.92 Å². The van der Waals surface area contributed by atoms with E-state index in [1.54, 1.807) is 12.1 Å². The van der Waals surface area contributed by atoms with Crippen LogP contribution in [0.25, 0.3) is 0 Å². The van der Waals surface area contributed by atoms with Crippen molar-refractivity contribution < 1.29 is 23.5 Å². The Morgan fingerprint density at radius 3 is 2.71 bits per heavy atom. The minimum atomic E-state index is -2.60. The second-order valence-corrected chi connectivity index (χ2v) is 5.84. The van der Waals surface area contributed by atoms with Crippen LogP contribution in [0.2, 0.25) is 0 Å². The van der Waals surface area contributed by atoms with E-state index < -0.39 is 17.6 Å². The molecule has 1 aliphatic heterocycles. The number of carboxylic acids is 1. The molecule has 114 valence electrons. The van der Waals surface area contributed by atoms with Crippen LogP contribution < -0.4 is 0 Å². The molecule has 0 saturated carbocycles. The second-order valence-electron chi connectivity index (χ2n) is 4.80. The third-order valence-corrected chi connectivity index (χ3v) is 4.18. The maximum Gasteiger partial charge on any atom is 0.308 e. The van der Waals surface area contributed by atoms with Crippen LogP contribution in [-0.4, -0.2) is 40.7 Å². The number of hydrogen-bond donors (Lipinski definition) is 1. The molecule has 0 spiro atoms. The number of alkyl halides is 2. The molecule has 0 aliphatic carbocycles. The van der Waals surface area contributed by atoms with Crippen molar-refractivity contribution >= 4 is 23.6 Å². The smallest absolute Gasteiger partial charge is 0.308 e. The number of thioether (sulfide) groups is 1. The van der Waals surface area contributed by atoms with E-state index in [1.165, 1.54) is 17.0 Å². The monoisotopic (exact) mass is 315 g/mol. The number of hydrogen-bond acceptors (Lipinski definition) is 3. The molecule has 1 aliphatic rings. The van der Waals surface area contributed by atoms with Gasteiger partial charge in [-0.25, -0.2) is 0 Å². The van der Waals surface area contributed by atoms with Gasteiger partial charge in [-0.05, 0) is 25.0 Å². The van der Waals surface area contributed by atoms with Gasteiger partial charge in [0.05, 0.1) is 11.5 Å². The van der Waals surface area contributed by atoms with Gasteiger partial charge in [-0.1, -0.05) is 23.9 Å². The molecule has 21 heavy (non-hydrogen) atoms. The molecule has 2 rings (SSSR count). The first-order valence-corrected chi connectivity index (χ1v) is 7.43. The first-order valence-electron chi connectivity index (χ1n) is 6.55. The van der Waals surface area contributed by atoms with E-state index in [2.05, 4.69) is 0 Å². The number of halogens is 2. The van der Waals surface area contributed by atoms with E-state index >= 15 is 0 Å². The summed E-state index contributed by atoms with van der Waals surface area (Å²) < 4.78 is 25.1. The number of likely N-dealkylation sites (tertiary alicyclic amines) is 1. The third-order valence-electron chi connectivity index (χ3n) is 3.39. The first kappa shape index (κ1) is 15.8. The number of rotatable bonds is 4. The van der Waals surface area contributed by atoms with Crippen LogP contribution in [0.3, 0.4) is 0 Å². The minimum absolute atomic E-state index is 0.127. The molecule has 1 heterocycles. The molecule has 1 N–H and O–H groups in total. The van der Waals surface area contributed by atoms with Gasteiger partial charge in [0.25, 0.3) is 11.7 Å². The summed E-state index contributed by atoms with van der Waals surface area (Å²) >= 11 is 0.327. The van der Waals surface area contributed by atoms with Crippen LogP contribution in [0, 0.1) is 5.92 Å². The number of carboxylic acid groups (broad SMARTS) is 1. The molecule has 1 saturated heterocycles. The van der Waals surface area contributed by atoms with Gasteiger partial charge in [0, 0.05) is 18.0 Å². The molecule has 1 atom stereocenters. The largest absolute Gasteiger partial charge is 0.481 e. The van der Waals surface area contributed by atoms with Crippen LogP contribution in [-0.2, 0) is 4.79 Å². The minimum Gasteiger partial charge on any atom is -0.481 e. The van der Waals surface area contributed by atoms with Gasteiger partial charge >= 0.3 is 5.97 Å². The Balaban J connectivity index is 2.18. The Morgan fingerprint density at radius 1 is 1.33 bits per heavy atom. The summed E-state index contributed by atoms with van der Waals surface area (Å²) in [6.45, 7) is 0.581. The van der Waals surface area contributed by atoms with Crippen LogP contribution in [0.5, 0.6) is 0 Å². The molecule has 0 aromatic heterocycles. The van der Waals surface area contributed by atoms with Gasteiger partial charge in [-0.15, -0.1) is 0 Å². The predicted octanol–water partition coefficient (Wildman–Crippen LogP) is 2.94. The first-order chi connectivity index (χ1) is 9.99. The highest BCUT2D eigenvalue weighted by molar-refractivity contribution is 7.99. The fourth-order valence-electron chi connectivity index (χ4n) is 2.38. The zero-order valence-electron chi connectivity index (χ0n) is 11.2. The number of benzene rings is 1. The second kappa shape index (κ2) is 6.89. The van der Waals surface area contributed by atoms with E-state index in [1.807, 2.05) is 0 Å². The fourth-order valence-corrected chi connectivity index (χ4v) is 3.01. The topological polar surface area (TPSA) is 57.6 Å². The Labute approximate surface area is 125 Å². The average molecular weight is 315 g/mol. The average Bonchev–Trinajstić information content (AvgIpc) is 2.46. The lowest BCUT2D eigenvalue weighted by Crippen LogP contribution is -2.42. The van der Waals surface area contributed by atoms with Crippen LogP contribution in [0.4, 0.5) is 8.78 Å². The van der Waals surface area contributed by atoms with Crippen molar-refractivity contribution in [3.63, 3.8) is 0 Å². The molecule has 1 aromatic carbocycles. The summed E-state index contributed by atoms with van der Waals surface area (Å²) in [6.07, 6.45) is 1.14. The van der Waals surface area contributed by atoms with Gasteiger partial charge in [0.2, 0.25) is 0 Å². The van der Waals surface area contributed by atoms with E-state index in [9.17, 15) is 18.4 Å². The predicted molar refractivity (Wildman–Crippen MR) is 74.6 cm³/mol. The number of carbonyl (C=O) groups excluding carboxylic acids is 1. The molecule has 0 unspecified atom stereocenters. The van der Waals surface area contributed by atoms with Crippen molar-refractivity contribution in [2.75, 3.05) is 13.1 Å². The summed E-state index contributed by atoms with van der Waals surface area (Å²) in [5.74, 6) is -4.50. The molecule has 4 nitrogen and oxygen atoms in total. The molecular weight excluding hydrogens is 300 g/mol. The summed E-state index contributed by atoms with van der Waals surface area (Å²) in [7, 11) is 0. The lowest BCUT2D eigenvalue weighted by Gasteiger charge is -2.31. The summed E-state index contributed by atoms with van der Waals surface area (Å²) in [5.41, 5.74) is 0.203. The quantitative estimate of drug-likeness (QED) is 0.868. The van der Waals surface area contributed by atoms with Crippen LogP contribution in [0.15, 0.2) is 29.2 Å². The van der Waals surface area contributed by atoms with Gasteiger partial charge in [0.15, 0.2) is 0 Å². The maximum absolute atomic E-state index is 12.5. The SMILES string of the molecule is O=C(O)[C@@H]1CCCN(C(=O)c2ccccc2SC(F)F)C1. The Bertz CT molecular complexity index is 539. The highest BCUT2D eigenvalue weighted by Gasteiger charge is 2.29. The van der Waals surface area contributed by atoms with Crippen molar-refractivity contribution in [1.29, 1.82) is 0 Å². The number of amides is 1. The normalized spacial score (nSPS) is 18.8. The van der Waals surface area contributed by atoms with Crippen molar-refractivity contribution in [3.8, 4) is 0 Å². The Morgan fingerprint density at radius 2 is 2.05 bits per heavy atom. The Kier molecular flexibility index (Phi) is 5.17. The van der Waals surface area contributed by atoms with Crippen molar-refractivity contribution in [2.45, 2.75) is 23.5 Å². The summed E-state index contributed by atoms with van der Waals surface area (Å²) in [4.78, 5) is 25.1. The van der Waals surface area contributed by atoms with E-state index in [0.29, 0.717) is 31.1 Å². The third kappa shape index (κ3) is 3.93. The molecule has 1 amide bonds. The van der Waals surface area contributed by atoms with Crippen LogP contribution in [0.1, 0.15) is 23.2 Å². The van der Waals surface area contributed by atoms with Gasteiger partial charge in [-0.3, -0.25) is 9.59 Å². The number of piperidine rings is 1. The molecule has 1 fully saturated rings. The van der Waals surface area contributed by atoms with E-state index in [-0.39, 0.29) is 22.9 Å². The molecular formula is C14H15F2NO3S. The molecule has 1 aromatic rings. The van der Waals surface area contributed by atoms with E-state index in [4.69, 9.17) is 5.11 Å². The lowest BCUT2D eigenvalue weighted by atomic mass is 9.97. The maximum atomic E-state index is 12.5. The number of aliphatic carboxylic acids is 1. The van der Waals surface area contributed by atoms with Gasteiger partial charge in [-0.2, -0.15) is 8.78 Å². The van der Waals surface area contributed by atoms with Gasteiger partial charge in [0.1, 0.15) is 0 Å². The zero-order valence-corrected chi connectivity index (χ0v) is 12.0. The van der Waals surface area contributed by atoms with Crippen LogP contribution >= 0.6 is 11.8 Å². The lowest BCUT2D eigenvalue weighted by molar-refractivity contribution is -0.143. The Hall–Kier alpha value is -1.63.